The highest BCUT2D eigenvalue weighted by atomic mass is 31.2. The van der Waals surface area contributed by atoms with Crippen LogP contribution in [0.3, 0.4) is 0 Å². The van der Waals surface area contributed by atoms with E-state index < -0.39 is 97.5 Å². The number of unbranched alkanes of at least 4 members (excludes halogenated alkanes) is 37. The molecule has 0 aliphatic rings. The van der Waals surface area contributed by atoms with Crippen LogP contribution in [0.1, 0.15) is 389 Å². The molecule has 0 aliphatic heterocycles. The minimum Gasteiger partial charge on any atom is -0.462 e. The maximum atomic E-state index is 13.1. The van der Waals surface area contributed by atoms with E-state index in [1.54, 1.807) is 0 Å². The molecule has 0 aromatic carbocycles. The van der Waals surface area contributed by atoms with Crippen molar-refractivity contribution in [3.05, 3.63) is 0 Å². The van der Waals surface area contributed by atoms with Crippen molar-refractivity contribution in [3.8, 4) is 0 Å². The summed E-state index contributed by atoms with van der Waals surface area (Å²) >= 11 is 0. The second kappa shape index (κ2) is 66.3. The molecule has 0 aromatic rings. The Hall–Kier alpha value is -1.94. The molecule has 96 heavy (non-hydrogen) atoms. The second-order valence-corrected chi connectivity index (χ2v) is 31.9. The third-order valence-electron chi connectivity index (χ3n) is 18.9. The molecule has 570 valence electrons. The maximum absolute atomic E-state index is 13.1. The molecule has 8 atom stereocenters. The Kier molecular flexibility index (Phi) is 65.0. The van der Waals surface area contributed by atoms with Gasteiger partial charge in [0, 0.05) is 25.7 Å². The van der Waals surface area contributed by atoms with Gasteiger partial charge >= 0.3 is 39.5 Å². The number of aliphatic hydroxyl groups excluding tert-OH is 1. The van der Waals surface area contributed by atoms with Crippen LogP contribution < -0.4 is 0 Å². The summed E-state index contributed by atoms with van der Waals surface area (Å²) in [6, 6.07) is 0. The smallest absolute Gasteiger partial charge is 0.462 e. The van der Waals surface area contributed by atoms with Crippen LogP contribution in [0, 0.1) is 23.7 Å². The molecule has 0 fully saturated rings. The molecular weight excluding hydrogens is 1260 g/mol. The lowest BCUT2D eigenvalue weighted by molar-refractivity contribution is -0.161. The summed E-state index contributed by atoms with van der Waals surface area (Å²) < 4.78 is 68.5. The van der Waals surface area contributed by atoms with E-state index in [1.165, 1.54) is 180 Å². The predicted octanol–water partition coefficient (Wildman–Crippen LogP) is 22.4. The molecule has 0 amide bonds. The van der Waals surface area contributed by atoms with Gasteiger partial charge in [-0.25, -0.2) is 9.13 Å². The average molecular weight is 1410 g/mol. The Morgan fingerprint density at radius 3 is 0.740 bits per heavy atom. The van der Waals surface area contributed by atoms with Gasteiger partial charge in [-0.15, -0.1) is 0 Å². The zero-order valence-corrected chi connectivity index (χ0v) is 64.8. The zero-order chi connectivity index (χ0) is 71.0. The van der Waals surface area contributed by atoms with E-state index in [0.717, 1.165) is 120 Å². The minimum atomic E-state index is -4.96. The van der Waals surface area contributed by atoms with Gasteiger partial charge in [-0.3, -0.25) is 37.3 Å². The van der Waals surface area contributed by atoms with Crippen LogP contribution in [0.5, 0.6) is 0 Å². The molecule has 0 saturated heterocycles. The van der Waals surface area contributed by atoms with Crippen molar-refractivity contribution in [2.45, 2.75) is 408 Å². The van der Waals surface area contributed by atoms with Gasteiger partial charge in [-0.05, 0) is 49.4 Å². The monoisotopic (exact) mass is 1410 g/mol. The number of carbonyl (C=O) groups is 4. The molecule has 0 aromatic heterocycles. The number of carbonyl (C=O) groups excluding carboxylic acids is 4. The quantitative estimate of drug-likeness (QED) is 0.0222. The molecular formula is C77H150O17P2. The van der Waals surface area contributed by atoms with Crippen molar-refractivity contribution in [1.82, 2.24) is 0 Å². The third kappa shape index (κ3) is 66.6. The molecule has 0 spiro atoms. The highest BCUT2D eigenvalue weighted by molar-refractivity contribution is 7.47. The van der Waals surface area contributed by atoms with Gasteiger partial charge in [-0.1, -0.05) is 338 Å². The SMILES string of the molecule is CCC(C)CCCCCCCCCCCCCCCCCCCCC(=O)O[C@H](COC(=O)CCCCCCCCCC(C)C)COP(=O)(O)OC[C@@H](O)COP(=O)(O)OC[C@@H](COC(=O)CCCCCCCCC(C)CC)OC(=O)CCCCCCCCCCCCC(C)CC. The number of phosphoric acid groups is 2. The number of hydrogen-bond acceptors (Lipinski definition) is 15. The summed E-state index contributed by atoms with van der Waals surface area (Å²) in [4.78, 5) is 72.8. The van der Waals surface area contributed by atoms with E-state index in [0.29, 0.717) is 31.6 Å². The Bertz CT molecular complexity index is 1890. The van der Waals surface area contributed by atoms with Crippen LogP contribution in [0.25, 0.3) is 0 Å². The van der Waals surface area contributed by atoms with Crippen molar-refractivity contribution in [2.24, 2.45) is 23.7 Å². The van der Waals surface area contributed by atoms with Crippen LogP contribution in [0.15, 0.2) is 0 Å². The Balaban J connectivity index is 5.17. The molecule has 0 rings (SSSR count). The summed E-state index contributed by atoms with van der Waals surface area (Å²) in [5.74, 6) is 0.987. The van der Waals surface area contributed by atoms with Gasteiger partial charge in [0.2, 0.25) is 0 Å². The minimum absolute atomic E-state index is 0.105. The lowest BCUT2D eigenvalue weighted by Gasteiger charge is -2.21. The Morgan fingerprint density at radius 1 is 0.292 bits per heavy atom. The zero-order valence-electron chi connectivity index (χ0n) is 63.0. The second-order valence-electron chi connectivity index (χ2n) is 28.9. The Morgan fingerprint density at radius 2 is 0.500 bits per heavy atom. The van der Waals surface area contributed by atoms with E-state index in [2.05, 4.69) is 55.4 Å². The first-order valence-corrected chi connectivity index (χ1v) is 42.8. The van der Waals surface area contributed by atoms with Crippen molar-refractivity contribution < 1.29 is 80.2 Å². The van der Waals surface area contributed by atoms with Crippen molar-refractivity contribution in [2.75, 3.05) is 39.6 Å². The van der Waals surface area contributed by atoms with Gasteiger partial charge in [0.25, 0.3) is 0 Å². The summed E-state index contributed by atoms with van der Waals surface area (Å²) in [5.41, 5.74) is 0. The number of aliphatic hydroxyl groups is 1. The molecule has 0 radical (unpaired) electrons. The van der Waals surface area contributed by atoms with Gasteiger partial charge in [0.15, 0.2) is 12.2 Å². The maximum Gasteiger partial charge on any atom is 0.472 e. The van der Waals surface area contributed by atoms with Crippen LogP contribution in [-0.4, -0.2) is 96.7 Å². The van der Waals surface area contributed by atoms with Crippen LogP contribution in [0.4, 0.5) is 0 Å². The lowest BCUT2D eigenvalue weighted by Crippen LogP contribution is -2.30. The standard InChI is InChI=1S/C77H150O17P2/c1-9-68(6)54-46-38-30-24-20-18-16-14-12-13-15-17-19-21-26-32-43-51-59-76(81)93-72(63-87-74(79)57-49-41-34-28-29-37-45-53-67(4)5)65-91-95(83,84)89-61-71(78)62-90-96(85,86)92-66-73(64-88-75(80)58-50-42-36-35-40-48-56-70(8)11-3)94-77(82)60-52-44-33-27-23-22-25-31-39-47-55-69(7)10-2/h67-73,78H,9-66H2,1-8H3,(H,83,84)(H,85,86)/t68?,69?,70?,71-,72-,73-/m1/s1. The van der Waals surface area contributed by atoms with E-state index in [-0.39, 0.29) is 25.7 Å². The first-order valence-electron chi connectivity index (χ1n) is 39.8. The fraction of sp³-hybridized carbons (Fsp3) is 0.948. The third-order valence-corrected chi connectivity index (χ3v) is 20.8. The molecule has 5 unspecified atom stereocenters. The first kappa shape index (κ1) is 94.1. The number of ether oxygens (including phenoxy) is 4. The van der Waals surface area contributed by atoms with E-state index in [9.17, 15) is 43.2 Å². The fourth-order valence-corrected chi connectivity index (χ4v) is 13.2. The van der Waals surface area contributed by atoms with E-state index in [1.807, 2.05) is 0 Å². The van der Waals surface area contributed by atoms with Crippen LogP contribution in [0.2, 0.25) is 0 Å². The van der Waals surface area contributed by atoms with E-state index >= 15 is 0 Å². The summed E-state index contributed by atoms with van der Waals surface area (Å²) in [6.07, 6.45) is 51.5. The highest BCUT2D eigenvalue weighted by Crippen LogP contribution is 2.45. The van der Waals surface area contributed by atoms with Crippen molar-refractivity contribution >= 4 is 39.5 Å². The van der Waals surface area contributed by atoms with E-state index in [4.69, 9.17) is 37.0 Å². The summed E-state index contributed by atoms with van der Waals surface area (Å²) in [5, 5.41) is 10.6. The van der Waals surface area contributed by atoms with Gasteiger partial charge in [0.05, 0.1) is 26.4 Å². The molecule has 0 saturated carbocycles. The van der Waals surface area contributed by atoms with Crippen LogP contribution in [-0.2, 0) is 65.4 Å². The molecule has 0 bridgehead atoms. The van der Waals surface area contributed by atoms with Gasteiger partial charge in [0.1, 0.15) is 19.3 Å². The first-order chi connectivity index (χ1) is 46.2. The van der Waals surface area contributed by atoms with Crippen molar-refractivity contribution in [3.63, 3.8) is 0 Å². The topological polar surface area (TPSA) is 237 Å². The predicted molar refractivity (Wildman–Crippen MR) is 391 cm³/mol. The van der Waals surface area contributed by atoms with Gasteiger partial charge < -0.3 is 33.8 Å². The molecule has 3 N–H and O–H groups in total. The largest absolute Gasteiger partial charge is 0.472 e. The van der Waals surface area contributed by atoms with Crippen LogP contribution >= 0.6 is 15.6 Å². The number of phosphoric ester groups is 2. The number of hydrogen-bond donors (Lipinski definition) is 3. The molecule has 0 aliphatic carbocycles. The molecule has 17 nitrogen and oxygen atoms in total. The molecule has 19 heteroatoms. The normalized spacial score (nSPS) is 15.0. The average Bonchev–Trinajstić information content (AvgIpc) is 1.73. The number of esters is 4. The summed E-state index contributed by atoms with van der Waals surface area (Å²) in [6.45, 7) is 14.2. The number of rotatable bonds is 74. The highest BCUT2D eigenvalue weighted by Gasteiger charge is 2.30. The fourth-order valence-electron chi connectivity index (χ4n) is 11.6. The molecule has 0 heterocycles. The Labute approximate surface area is 588 Å². The van der Waals surface area contributed by atoms with Crippen molar-refractivity contribution in [1.29, 1.82) is 0 Å². The lowest BCUT2D eigenvalue weighted by atomic mass is 9.99. The van der Waals surface area contributed by atoms with Gasteiger partial charge in [-0.2, -0.15) is 0 Å². The summed E-state index contributed by atoms with van der Waals surface area (Å²) in [7, 11) is -9.91.